The summed E-state index contributed by atoms with van der Waals surface area (Å²) in [6, 6.07) is 4.46. The van der Waals surface area contributed by atoms with Crippen molar-refractivity contribution in [3.63, 3.8) is 0 Å². The minimum Gasteiger partial charge on any atom is -0.491 e. The van der Waals surface area contributed by atoms with Gasteiger partial charge in [0.2, 0.25) is 5.91 Å². The van der Waals surface area contributed by atoms with Crippen molar-refractivity contribution in [2.45, 2.75) is 32.7 Å². The molecule has 0 saturated heterocycles. The standard InChI is InChI=1S/C14H21N3O4/c1-4-7-16-14(3,13(15)18)9-21-11-5-6-12(17(19)20)10(2)8-11/h5-6,8,16H,4,7,9H2,1-3H3,(H2,15,18). The molecule has 1 aromatic rings. The van der Waals surface area contributed by atoms with E-state index in [4.69, 9.17) is 10.5 Å². The molecule has 0 aliphatic carbocycles. The molecule has 7 heteroatoms. The van der Waals surface area contributed by atoms with Crippen LogP contribution in [0.5, 0.6) is 5.75 Å². The Morgan fingerprint density at radius 1 is 1.52 bits per heavy atom. The number of nitro benzene ring substituents is 1. The van der Waals surface area contributed by atoms with Crippen LogP contribution < -0.4 is 15.8 Å². The first kappa shape index (κ1) is 16.9. The highest BCUT2D eigenvalue weighted by molar-refractivity contribution is 5.84. The minimum atomic E-state index is -0.980. The zero-order valence-electron chi connectivity index (χ0n) is 12.5. The number of benzene rings is 1. The Bertz CT molecular complexity index is 533. The Labute approximate surface area is 123 Å². The van der Waals surface area contributed by atoms with Crippen LogP contribution in [0, 0.1) is 17.0 Å². The zero-order chi connectivity index (χ0) is 16.0. The molecule has 0 radical (unpaired) electrons. The first-order valence-corrected chi connectivity index (χ1v) is 6.73. The first-order valence-electron chi connectivity index (χ1n) is 6.73. The first-order chi connectivity index (χ1) is 9.80. The lowest BCUT2D eigenvalue weighted by Crippen LogP contribution is -2.57. The lowest BCUT2D eigenvalue weighted by molar-refractivity contribution is -0.385. The molecule has 0 aliphatic heterocycles. The van der Waals surface area contributed by atoms with Crippen LogP contribution in [0.15, 0.2) is 18.2 Å². The van der Waals surface area contributed by atoms with Gasteiger partial charge in [-0.1, -0.05) is 6.92 Å². The van der Waals surface area contributed by atoms with Crippen molar-refractivity contribution < 1.29 is 14.5 Å². The summed E-state index contributed by atoms with van der Waals surface area (Å²) in [5, 5.41) is 13.8. The molecule has 1 rings (SSSR count). The highest BCUT2D eigenvalue weighted by atomic mass is 16.6. The smallest absolute Gasteiger partial charge is 0.272 e. The molecule has 0 fully saturated rings. The second-order valence-corrected chi connectivity index (χ2v) is 5.12. The van der Waals surface area contributed by atoms with E-state index in [1.54, 1.807) is 19.9 Å². The Hall–Kier alpha value is -2.15. The third kappa shape index (κ3) is 4.42. The third-order valence-corrected chi connectivity index (χ3v) is 3.20. The van der Waals surface area contributed by atoms with Crippen molar-refractivity contribution in [2.75, 3.05) is 13.2 Å². The summed E-state index contributed by atoms with van der Waals surface area (Å²) in [6.07, 6.45) is 0.861. The minimum absolute atomic E-state index is 0.0316. The molecule has 0 heterocycles. The number of carbonyl (C=O) groups excluding carboxylic acids is 1. The number of nitrogens with one attached hydrogen (secondary N) is 1. The number of hydrogen-bond donors (Lipinski definition) is 2. The maximum atomic E-state index is 11.5. The van der Waals surface area contributed by atoms with E-state index in [1.807, 2.05) is 6.92 Å². The monoisotopic (exact) mass is 295 g/mol. The van der Waals surface area contributed by atoms with Gasteiger partial charge >= 0.3 is 0 Å². The average Bonchev–Trinajstić information content (AvgIpc) is 2.42. The summed E-state index contributed by atoms with van der Waals surface area (Å²) in [7, 11) is 0. The van der Waals surface area contributed by atoms with Crippen LogP contribution in [0.4, 0.5) is 5.69 Å². The van der Waals surface area contributed by atoms with Gasteiger partial charge in [-0.15, -0.1) is 0 Å². The van der Waals surface area contributed by atoms with Gasteiger partial charge < -0.3 is 15.8 Å². The van der Waals surface area contributed by atoms with Crippen molar-refractivity contribution >= 4 is 11.6 Å². The fraction of sp³-hybridized carbons (Fsp3) is 0.500. The van der Waals surface area contributed by atoms with E-state index in [0.29, 0.717) is 17.9 Å². The van der Waals surface area contributed by atoms with Crippen molar-refractivity contribution in [2.24, 2.45) is 5.73 Å². The number of aryl methyl sites for hydroxylation is 1. The fourth-order valence-corrected chi connectivity index (χ4v) is 1.76. The number of carbonyl (C=O) groups is 1. The average molecular weight is 295 g/mol. The Morgan fingerprint density at radius 2 is 2.19 bits per heavy atom. The second kappa shape index (κ2) is 7.03. The van der Waals surface area contributed by atoms with Crippen molar-refractivity contribution in [3.8, 4) is 5.75 Å². The number of nitrogens with zero attached hydrogens (tertiary/aromatic N) is 1. The van der Waals surface area contributed by atoms with E-state index in [2.05, 4.69) is 5.32 Å². The molecule has 1 unspecified atom stereocenters. The molecule has 1 atom stereocenters. The van der Waals surface area contributed by atoms with Gasteiger partial charge in [0.1, 0.15) is 17.9 Å². The number of hydrogen-bond acceptors (Lipinski definition) is 5. The molecule has 3 N–H and O–H groups in total. The van der Waals surface area contributed by atoms with Gasteiger partial charge in [0, 0.05) is 11.6 Å². The number of primary amides is 1. The highest BCUT2D eigenvalue weighted by Gasteiger charge is 2.31. The van der Waals surface area contributed by atoms with E-state index in [-0.39, 0.29) is 12.3 Å². The molecule has 0 aromatic heterocycles. The van der Waals surface area contributed by atoms with Crippen LogP contribution in [0.25, 0.3) is 0 Å². The zero-order valence-corrected chi connectivity index (χ0v) is 12.5. The van der Waals surface area contributed by atoms with E-state index in [1.165, 1.54) is 12.1 Å². The molecule has 116 valence electrons. The fourth-order valence-electron chi connectivity index (χ4n) is 1.76. The predicted molar refractivity (Wildman–Crippen MR) is 79.2 cm³/mol. The van der Waals surface area contributed by atoms with E-state index >= 15 is 0 Å². The van der Waals surface area contributed by atoms with Gasteiger partial charge in [-0.3, -0.25) is 14.9 Å². The van der Waals surface area contributed by atoms with Crippen LogP contribution in [0.3, 0.4) is 0 Å². The molecule has 7 nitrogen and oxygen atoms in total. The molecule has 0 bridgehead atoms. The van der Waals surface area contributed by atoms with Gasteiger partial charge in [-0.25, -0.2) is 0 Å². The number of rotatable bonds is 8. The Kier molecular flexibility index (Phi) is 5.66. The molecule has 21 heavy (non-hydrogen) atoms. The van der Waals surface area contributed by atoms with E-state index in [0.717, 1.165) is 6.42 Å². The predicted octanol–water partition coefficient (Wildman–Crippen LogP) is 1.53. The van der Waals surface area contributed by atoms with Gasteiger partial charge in [-0.05, 0) is 38.9 Å². The van der Waals surface area contributed by atoms with Crippen LogP contribution in [0.2, 0.25) is 0 Å². The molecule has 1 aromatic carbocycles. The number of nitrogens with two attached hydrogens (primary N) is 1. The number of nitro groups is 1. The summed E-state index contributed by atoms with van der Waals surface area (Å²) in [6.45, 7) is 5.98. The second-order valence-electron chi connectivity index (χ2n) is 5.12. The summed E-state index contributed by atoms with van der Waals surface area (Å²) >= 11 is 0. The van der Waals surface area contributed by atoms with Crippen LogP contribution in [-0.4, -0.2) is 29.5 Å². The number of amides is 1. The van der Waals surface area contributed by atoms with Crippen molar-refractivity contribution in [1.29, 1.82) is 0 Å². The van der Waals surface area contributed by atoms with E-state index in [9.17, 15) is 14.9 Å². The Morgan fingerprint density at radius 3 is 2.67 bits per heavy atom. The molecule has 0 aliphatic rings. The quantitative estimate of drug-likeness (QED) is 0.558. The lowest BCUT2D eigenvalue weighted by Gasteiger charge is -2.27. The molecular formula is C14H21N3O4. The SMILES string of the molecule is CCCNC(C)(COc1ccc([N+](=O)[O-])c(C)c1)C(N)=O. The summed E-state index contributed by atoms with van der Waals surface area (Å²) < 4.78 is 5.56. The van der Waals surface area contributed by atoms with Crippen molar-refractivity contribution in [3.05, 3.63) is 33.9 Å². The normalized spacial score (nSPS) is 13.5. The largest absolute Gasteiger partial charge is 0.491 e. The van der Waals surface area contributed by atoms with Crippen LogP contribution in [-0.2, 0) is 4.79 Å². The topological polar surface area (TPSA) is 107 Å². The summed E-state index contributed by atoms with van der Waals surface area (Å²) in [5.74, 6) is -0.0431. The molecule has 0 saturated carbocycles. The van der Waals surface area contributed by atoms with Gasteiger partial charge in [0.15, 0.2) is 0 Å². The van der Waals surface area contributed by atoms with Gasteiger partial charge in [-0.2, -0.15) is 0 Å². The molecular weight excluding hydrogens is 274 g/mol. The maximum Gasteiger partial charge on any atom is 0.272 e. The lowest BCUT2D eigenvalue weighted by atomic mass is 10.0. The summed E-state index contributed by atoms with van der Waals surface area (Å²) in [4.78, 5) is 21.9. The molecule has 1 amide bonds. The van der Waals surface area contributed by atoms with Crippen LogP contribution >= 0.6 is 0 Å². The third-order valence-electron chi connectivity index (χ3n) is 3.20. The van der Waals surface area contributed by atoms with Crippen LogP contribution in [0.1, 0.15) is 25.8 Å². The van der Waals surface area contributed by atoms with E-state index < -0.39 is 16.4 Å². The van der Waals surface area contributed by atoms with Gasteiger partial charge in [0.25, 0.3) is 5.69 Å². The Balaban J connectivity index is 2.79. The number of ether oxygens (including phenoxy) is 1. The highest BCUT2D eigenvalue weighted by Crippen LogP contribution is 2.23. The van der Waals surface area contributed by atoms with Gasteiger partial charge in [0.05, 0.1) is 4.92 Å². The van der Waals surface area contributed by atoms with Crippen molar-refractivity contribution in [1.82, 2.24) is 5.32 Å². The maximum absolute atomic E-state index is 11.5. The summed E-state index contributed by atoms with van der Waals surface area (Å²) in [5.41, 5.74) is 4.95. The molecule has 0 spiro atoms.